The molecule has 152 valence electrons. The zero-order valence-electron chi connectivity index (χ0n) is 16.2. The van der Waals surface area contributed by atoms with Crippen LogP contribution < -0.4 is 10.6 Å². The number of amides is 3. The first-order valence-corrected chi connectivity index (χ1v) is 9.74. The summed E-state index contributed by atoms with van der Waals surface area (Å²) in [5.41, 5.74) is 1.71. The second-order valence-electron chi connectivity index (χ2n) is 6.86. The van der Waals surface area contributed by atoms with Gasteiger partial charge in [0.25, 0.3) is 5.91 Å². The number of nitrogens with one attached hydrogen (secondary N) is 2. The Hall–Kier alpha value is -2.90. The molecule has 0 aliphatic carbocycles. The van der Waals surface area contributed by atoms with E-state index >= 15 is 0 Å². The first-order chi connectivity index (χ1) is 13.9. The third-order valence-electron chi connectivity index (χ3n) is 4.60. The van der Waals surface area contributed by atoms with Crippen molar-refractivity contribution in [2.75, 3.05) is 43.4 Å². The van der Waals surface area contributed by atoms with Gasteiger partial charge in [0.2, 0.25) is 11.8 Å². The number of hydrogen-bond acceptors (Lipinski definition) is 4. The number of hydrogen-bond donors (Lipinski definition) is 2. The van der Waals surface area contributed by atoms with Crippen molar-refractivity contribution in [2.45, 2.75) is 6.92 Å². The number of piperazine rings is 1. The zero-order chi connectivity index (χ0) is 20.8. The summed E-state index contributed by atoms with van der Waals surface area (Å²) in [6.07, 6.45) is 0. The zero-order valence-corrected chi connectivity index (χ0v) is 16.9. The molecule has 7 nitrogen and oxygen atoms in total. The average molecular weight is 415 g/mol. The molecule has 2 aromatic rings. The van der Waals surface area contributed by atoms with Gasteiger partial charge in [-0.2, -0.15) is 0 Å². The molecule has 1 aliphatic heterocycles. The quantitative estimate of drug-likeness (QED) is 0.788. The summed E-state index contributed by atoms with van der Waals surface area (Å²) in [5.74, 6) is -0.406. The lowest BCUT2D eigenvalue weighted by Gasteiger charge is -2.34. The minimum atomic E-state index is -0.182. The SMILES string of the molecule is CC(=O)Nc1cccc(C(=O)N2CCN(CC(=O)Nc3ccccc3Cl)CC2)c1. The predicted octanol–water partition coefficient (Wildman–Crippen LogP) is 2.69. The topological polar surface area (TPSA) is 81.8 Å². The second-order valence-corrected chi connectivity index (χ2v) is 7.27. The number of benzene rings is 2. The Morgan fingerprint density at radius 3 is 2.38 bits per heavy atom. The fourth-order valence-corrected chi connectivity index (χ4v) is 3.36. The van der Waals surface area contributed by atoms with Crippen molar-refractivity contribution in [2.24, 2.45) is 0 Å². The summed E-state index contributed by atoms with van der Waals surface area (Å²) >= 11 is 6.07. The lowest BCUT2D eigenvalue weighted by atomic mass is 10.1. The Kier molecular flexibility index (Phi) is 6.85. The highest BCUT2D eigenvalue weighted by Gasteiger charge is 2.23. The molecule has 2 aromatic carbocycles. The molecule has 0 radical (unpaired) electrons. The molecule has 1 aliphatic rings. The standard InChI is InChI=1S/C21H23ClN4O3/c1-15(27)23-17-6-4-5-16(13-17)21(29)26-11-9-25(10-12-26)14-20(28)24-19-8-3-2-7-18(19)22/h2-8,13H,9-12,14H2,1H3,(H,23,27)(H,24,28). The Balaban J connectivity index is 1.51. The van der Waals surface area contributed by atoms with E-state index in [0.717, 1.165) is 0 Å². The molecule has 3 rings (SSSR count). The van der Waals surface area contributed by atoms with Gasteiger partial charge in [0.15, 0.2) is 0 Å². The van der Waals surface area contributed by atoms with E-state index in [2.05, 4.69) is 10.6 Å². The number of anilines is 2. The Labute approximate surface area is 174 Å². The Morgan fingerprint density at radius 1 is 0.966 bits per heavy atom. The van der Waals surface area contributed by atoms with Crippen molar-refractivity contribution in [1.29, 1.82) is 0 Å². The molecule has 1 saturated heterocycles. The highest BCUT2D eigenvalue weighted by molar-refractivity contribution is 6.33. The van der Waals surface area contributed by atoms with Gasteiger partial charge in [-0.15, -0.1) is 0 Å². The van der Waals surface area contributed by atoms with E-state index in [1.807, 2.05) is 11.0 Å². The highest BCUT2D eigenvalue weighted by atomic mass is 35.5. The first kappa shape index (κ1) is 20.8. The Morgan fingerprint density at radius 2 is 1.69 bits per heavy atom. The molecule has 0 spiro atoms. The molecule has 0 saturated carbocycles. The van der Waals surface area contributed by atoms with E-state index in [0.29, 0.717) is 48.1 Å². The van der Waals surface area contributed by atoms with Crippen molar-refractivity contribution in [3.05, 3.63) is 59.1 Å². The van der Waals surface area contributed by atoms with Gasteiger partial charge in [-0.05, 0) is 30.3 Å². The summed E-state index contributed by atoms with van der Waals surface area (Å²) in [6, 6.07) is 14.0. The lowest BCUT2D eigenvalue weighted by molar-refractivity contribution is -0.117. The third-order valence-corrected chi connectivity index (χ3v) is 4.93. The maximum absolute atomic E-state index is 12.7. The highest BCUT2D eigenvalue weighted by Crippen LogP contribution is 2.20. The molecule has 0 unspecified atom stereocenters. The van der Waals surface area contributed by atoms with Gasteiger partial charge in [-0.1, -0.05) is 29.8 Å². The smallest absolute Gasteiger partial charge is 0.254 e. The molecule has 0 atom stereocenters. The van der Waals surface area contributed by atoms with Crippen LogP contribution >= 0.6 is 11.6 Å². The van der Waals surface area contributed by atoms with Gasteiger partial charge >= 0.3 is 0 Å². The number of carbonyl (C=O) groups excluding carboxylic acids is 3. The summed E-state index contributed by atoms with van der Waals surface area (Å²) < 4.78 is 0. The van der Waals surface area contributed by atoms with E-state index < -0.39 is 0 Å². The van der Waals surface area contributed by atoms with Gasteiger partial charge in [-0.25, -0.2) is 0 Å². The van der Waals surface area contributed by atoms with Crippen LogP contribution in [0.15, 0.2) is 48.5 Å². The molecule has 0 bridgehead atoms. The van der Waals surface area contributed by atoms with Crippen LogP contribution in [-0.4, -0.2) is 60.2 Å². The van der Waals surface area contributed by atoms with Gasteiger partial charge < -0.3 is 15.5 Å². The third kappa shape index (κ3) is 5.79. The van der Waals surface area contributed by atoms with Crippen LogP contribution in [0.3, 0.4) is 0 Å². The van der Waals surface area contributed by atoms with Crippen molar-refractivity contribution < 1.29 is 14.4 Å². The van der Waals surface area contributed by atoms with E-state index in [1.54, 1.807) is 47.4 Å². The minimum Gasteiger partial charge on any atom is -0.336 e. The molecule has 1 fully saturated rings. The van der Waals surface area contributed by atoms with Crippen molar-refractivity contribution >= 4 is 40.7 Å². The maximum atomic E-state index is 12.7. The first-order valence-electron chi connectivity index (χ1n) is 9.36. The van der Waals surface area contributed by atoms with Crippen LogP contribution in [0.5, 0.6) is 0 Å². The lowest BCUT2D eigenvalue weighted by Crippen LogP contribution is -2.50. The Bertz CT molecular complexity index is 910. The predicted molar refractivity (Wildman–Crippen MR) is 113 cm³/mol. The largest absolute Gasteiger partial charge is 0.336 e. The van der Waals surface area contributed by atoms with Crippen molar-refractivity contribution in [3.8, 4) is 0 Å². The second kappa shape index (κ2) is 9.54. The molecule has 3 amide bonds. The van der Waals surface area contributed by atoms with Crippen LogP contribution in [0.1, 0.15) is 17.3 Å². The molecule has 0 aromatic heterocycles. The van der Waals surface area contributed by atoms with Gasteiger partial charge in [0.05, 0.1) is 17.3 Å². The van der Waals surface area contributed by atoms with Crippen LogP contribution in [-0.2, 0) is 9.59 Å². The number of nitrogens with zero attached hydrogens (tertiary/aromatic N) is 2. The van der Waals surface area contributed by atoms with Crippen LogP contribution in [0.25, 0.3) is 0 Å². The van der Waals surface area contributed by atoms with Crippen molar-refractivity contribution in [3.63, 3.8) is 0 Å². The molecular formula is C21H23ClN4O3. The van der Waals surface area contributed by atoms with Gasteiger partial charge in [-0.3, -0.25) is 19.3 Å². The fourth-order valence-electron chi connectivity index (χ4n) is 3.18. The minimum absolute atomic E-state index is 0.0858. The van der Waals surface area contributed by atoms with Crippen LogP contribution in [0, 0.1) is 0 Å². The molecule has 2 N–H and O–H groups in total. The van der Waals surface area contributed by atoms with E-state index in [-0.39, 0.29) is 24.3 Å². The maximum Gasteiger partial charge on any atom is 0.254 e. The van der Waals surface area contributed by atoms with Crippen molar-refractivity contribution in [1.82, 2.24) is 9.80 Å². The molecule has 8 heteroatoms. The summed E-state index contributed by atoms with van der Waals surface area (Å²) in [6.45, 7) is 3.94. The average Bonchev–Trinajstić information content (AvgIpc) is 2.69. The fraction of sp³-hybridized carbons (Fsp3) is 0.286. The van der Waals surface area contributed by atoms with Crippen LogP contribution in [0.4, 0.5) is 11.4 Å². The molecule has 29 heavy (non-hydrogen) atoms. The molecular weight excluding hydrogens is 392 g/mol. The summed E-state index contributed by atoms with van der Waals surface area (Å²) in [5, 5.41) is 5.99. The number of para-hydroxylation sites is 1. The van der Waals surface area contributed by atoms with E-state index in [1.165, 1.54) is 6.92 Å². The summed E-state index contributed by atoms with van der Waals surface area (Å²) in [7, 11) is 0. The van der Waals surface area contributed by atoms with Crippen LogP contribution in [0.2, 0.25) is 5.02 Å². The van der Waals surface area contributed by atoms with Gasteiger partial charge in [0, 0.05) is 44.4 Å². The normalized spacial score (nSPS) is 14.3. The van der Waals surface area contributed by atoms with Gasteiger partial charge in [0.1, 0.15) is 0 Å². The number of carbonyl (C=O) groups is 3. The monoisotopic (exact) mass is 414 g/mol. The van der Waals surface area contributed by atoms with E-state index in [9.17, 15) is 14.4 Å². The number of halogens is 1. The molecule has 1 heterocycles. The number of rotatable bonds is 5. The summed E-state index contributed by atoms with van der Waals surface area (Å²) in [4.78, 5) is 40.0. The van der Waals surface area contributed by atoms with E-state index in [4.69, 9.17) is 11.6 Å².